The van der Waals surface area contributed by atoms with Gasteiger partial charge in [-0.3, -0.25) is 14.8 Å². The van der Waals surface area contributed by atoms with Crippen LogP contribution in [0.3, 0.4) is 0 Å². The number of thioether (sulfide) groups is 1. The fourth-order valence-electron chi connectivity index (χ4n) is 1.98. The second-order valence-electron chi connectivity index (χ2n) is 3.87. The van der Waals surface area contributed by atoms with Gasteiger partial charge in [0.1, 0.15) is 16.8 Å². The maximum atomic E-state index is 12.0. The molecule has 1 saturated heterocycles. The van der Waals surface area contributed by atoms with E-state index in [0.717, 1.165) is 5.57 Å². The lowest BCUT2D eigenvalue weighted by Crippen LogP contribution is -2.51. The lowest BCUT2D eigenvalue weighted by Gasteiger charge is -2.38. The van der Waals surface area contributed by atoms with Crippen molar-refractivity contribution in [2.24, 2.45) is 0 Å². The van der Waals surface area contributed by atoms with Crippen LogP contribution in [0.4, 0.5) is 0 Å². The van der Waals surface area contributed by atoms with Gasteiger partial charge in [-0.2, -0.15) is 0 Å². The third-order valence-electron chi connectivity index (χ3n) is 2.92. The zero-order valence-corrected chi connectivity index (χ0v) is 10.1. The first kappa shape index (κ1) is 11.0. The number of β-lactam (4-membered cyclic amide) rings is 1. The number of carboxylic acid groups (broad SMARTS) is 1. The zero-order valence-electron chi connectivity index (χ0n) is 9.25. The van der Waals surface area contributed by atoms with Crippen LogP contribution in [-0.2, 0) is 9.59 Å². The summed E-state index contributed by atoms with van der Waals surface area (Å²) >= 11 is 1.31. The number of H-pyrrole nitrogens is 1. The summed E-state index contributed by atoms with van der Waals surface area (Å²) in [6, 6.07) is 0. The number of aliphatic carboxylic acids is 1. The fraction of sp³-hybridized carbons (Fsp3) is 0.200. The number of hydrogen-bond donors (Lipinski definition) is 2. The van der Waals surface area contributed by atoms with Gasteiger partial charge in [-0.15, -0.1) is 16.9 Å². The molecular weight excluding hydrogens is 256 g/mol. The van der Waals surface area contributed by atoms with E-state index in [-0.39, 0.29) is 17.0 Å². The molecule has 0 radical (unpaired) electrons. The maximum Gasteiger partial charge on any atom is 0.353 e. The Balaban J connectivity index is 1.95. The van der Waals surface area contributed by atoms with Crippen LogP contribution in [0.1, 0.15) is 12.6 Å². The van der Waals surface area contributed by atoms with Gasteiger partial charge in [-0.25, -0.2) is 4.79 Å². The number of nitrogens with zero attached hydrogens (tertiary/aromatic N) is 3. The van der Waals surface area contributed by atoms with Gasteiger partial charge in [-0.1, -0.05) is 5.21 Å². The smallest absolute Gasteiger partial charge is 0.353 e. The van der Waals surface area contributed by atoms with Gasteiger partial charge < -0.3 is 5.11 Å². The topological polar surface area (TPSA) is 99.2 Å². The normalized spacial score (nSPS) is 24.5. The van der Waals surface area contributed by atoms with Gasteiger partial charge in [0, 0.05) is 11.6 Å². The van der Waals surface area contributed by atoms with E-state index >= 15 is 0 Å². The molecule has 1 amide bonds. The fourth-order valence-corrected chi connectivity index (χ4v) is 3.19. The van der Waals surface area contributed by atoms with Crippen LogP contribution >= 0.6 is 11.8 Å². The van der Waals surface area contributed by atoms with E-state index in [2.05, 4.69) is 15.4 Å². The van der Waals surface area contributed by atoms with Crippen LogP contribution in [0.15, 0.2) is 22.9 Å². The molecule has 0 saturated carbocycles. The van der Waals surface area contributed by atoms with E-state index in [4.69, 9.17) is 5.11 Å². The monoisotopic (exact) mass is 264 g/mol. The van der Waals surface area contributed by atoms with Gasteiger partial charge in [-0.05, 0) is 12.5 Å². The Morgan fingerprint density at radius 2 is 2.39 bits per heavy atom. The second-order valence-corrected chi connectivity index (χ2v) is 4.82. The molecule has 1 aromatic heterocycles. The van der Waals surface area contributed by atoms with Crippen molar-refractivity contribution in [3.63, 3.8) is 0 Å². The standard InChI is InChI=1S/C10H8N4O3S/c1-4(5-2-11-13-12-5)7-8(15)14-6(10(16)17)3-18-9(7)14/h2-3,9H,1H3,(H,16,17)(H,11,12,13)/t9-/m1/s1. The molecule has 3 rings (SSSR count). The largest absolute Gasteiger partial charge is 0.477 e. The highest BCUT2D eigenvalue weighted by Gasteiger charge is 2.50. The maximum absolute atomic E-state index is 12.0. The first-order valence-corrected chi connectivity index (χ1v) is 6.05. The predicted octanol–water partition coefficient (Wildman–Crippen LogP) is 0.419. The average Bonchev–Trinajstić information content (AvgIpc) is 2.95. The number of carbonyl (C=O) groups excluding carboxylic acids is 1. The molecular formula is C10H8N4O3S. The van der Waals surface area contributed by atoms with Crippen molar-refractivity contribution < 1.29 is 14.7 Å². The van der Waals surface area contributed by atoms with Crippen molar-refractivity contribution in [3.8, 4) is 0 Å². The van der Waals surface area contributed by atoms with Crippen LogP contribution in [-0.4, -0.2) is 42.7 Å². The Kier molecular flexibility index (Phi) is 2.27. The van der Waals surface area contributed by atoms with E-state index < -0.39 is 5.97 Å². The Bertz CT molecular complexity index is 605. The van der Waals surface area contributed by atoms with E-state index in [1.165, 1.54) is 22.1 Å². The highest BCUT2D eigenvalue weighted by molar-refractivity contribution is 8.03. The predicted molar refractivity (Wildman–Crippen MR) is 62.9 cm³/mol. The second kappa shape index (κ2) is 3.70. The first-order chi connectivity index (χ1) is 8.61. The van der Waals surface area contributed by atoms with E-state index in [9.17, 15) is 9.59 Å². The molecule has 92 valence electrons. The van der Waals surface area contributed by atoms with E-state index in [1.807, 2.05) is 0 Å². The molecule has 3 heterocycles. The molecule has 0 unspecified atom stereocenters. The number of aromatic amines is 1. The number of carbonyl (C=O) groups is 2. The summed E-state index contributed by atoms with van der Waals surface area (Å²) in [5, 5.41) is 20.2. The van der Waals surface area contributed by atoms with Crippen molar-refractivity contribution in [2.75, 3.05) is 0 Å². The van der Waals surface area contributed by atoms with Gasteiger partial charge >= 0.3 is 5.97 Å². The molecule has 1 atom stereocenters. The molecule has 2 N–H and O–H groups in total. The Morgan fingerprint density at radius 1 is 1.61 bits per heavy atom. The first-order valence-electron chi connectivity index (χ1n) is 5.11. The Morgan fingerprint density at radius 3 is 3.00 bits per heavy atom. The van der Waals surface area contributed by atoms with Crippen LogP contribution < -0.4 is 0 Å². The number of aromatic nitrogens is 3. The van der Waals surface area contributed by atoms with Gasteiger partial charge in [0.05, 0.1) is 5.57 Å². The zero-order chi connectivity index (χ0) is 12.9. The minimum absolute atomic E-state index is 0.0340. The molecule has 1 fully saturated rings. The SMILES string of the molecule is CC(=C1C(=O)N2C(C(=O)O)=CS[C@H]12)c1c[nH]nn1. The summed E-state index contributed by atoms with van der Waals surface area (Å²) in [5.41, 5.74) is 1.94. The Hall–Kier alpha value is -2.09. The molecule has 7 nitrogen and oxygen atoms in total. The molecule has 2 aliphatic heterocycles. The van der Waals surface area contributed by atoms with Crippen LogP contribution in [0.25, 0.3) is 5.57 Å². The lowest BCUT2D eigenvalue weighted by molar-refractivity contribution is -0.141. The third-order valence-corrected chi connectivity index (χ3v) is 3.99. The molecule has 0 aromatic carbocycles. The van der Waals surface area contributed by atoms with Gasteiger partial charge in [0.15, 0.2) is 0 Å². The number of allylic oxidation sites excluding steroid dienone is 1. The van der Waals surface area contributed by atoms with Crippen LogP contribution in [0.2, 0.25) is 0 Å². The van der Waals surface area contributed by atoms with Crippen molar-refractivity contribution in [1.29, 1.82) is 0 Å². The highest BCUT2D eigenvalue weighted by Crippen LogP contribution is 2.46. The summed E-state index contributed by atoms with van der Waals surface area (Å²) in [5.74, 6) is -1.37. The van der Waals surface area contributed by atoms with Crippen LogP contribution in [0.5, 0.6) is 0 Å². The third kappa shape index (κ3) is 1.32. The summed E-state index contributed by atoms with van der Waals surface area (Å²) in [6.45, 7) is 1.78. The number of amides is 1. The summed E-state index contributed by atoms with van der Waals surface area (Å²) in [7, 11) is 0. The van der Waals surface area contributed by atoms with E-state index in [0.29, 0.717) is 11.3 Å². The number of hydrogen-bond acceptors (Lipinski definition) is 5. The molecule has 18 heavy (non-hydrogen) atoms. The highest BCUT2D eigenvalue weighted by atomic mass is 32.2. The van der Waals surface area contributed by atoms with Crippen LogP contribution in [0, 0.1) is 0 Å². The number of rotatable bonds is 2. The molecule has 0 bridgehead atoms. The van der Waals surface area contributed by atoms with Crippen molar-refractivity contribution in [1.82, 2.24) is 20.3 Å². The minimum Gasteiger partial charge on any atom is -0.477 e. The van der Waals surface area contributed by atoms with Gasteiger partial charge in [0.25, 0.3) is 5.91 Å². The Labute approximate surface area is 106 Å². The molecule has 2 aliphatic rings. The van der Waals surface area contributed by atoms with Crippen molar-refractivity contribution >= 4 is 29.2 Å². The lowest BCUT2D eigenvalue weighted by atomic mass is 9.98. The van der Waals surface area contributed by atoms with Crippen molar-refractivity contribution in [3.05, 3.63) is 28.6 Å². The molecule has 8 heteroatoms. The summed E-state index contributed by atoms with van der Waals surface area (Å²) < 4.78 is 0. The molecule has 0 spiro atoms. The minimum atomic E-state index is -1.09. The van der Waals surface area contributed by atoms with Gasteiger partial charge in [0.2, 0.25) is 0 Å². The summed E-state index contributed by atoms with van der Waals surface area (Å²) in [6.07, 6.45) is 1.60. The average molecular weight is 264 g/mol. The number of carboxylic acids is 1. The molecule has 0 aliphatic carbocycles. The number of fused-ring (bicyclic) bond motifs is 1. The number of nitrogens with one attached hydrogen (secondary N) is 1. The van der Waals surface area contributed by atoms with Crippen molar-refractivity contribution in [2.45, 2.75) is 12.3 Å². The van der Waals surface area contributed by atoms with E-state index in [1.54, 1.807) is 13.1 Å². The summed E-state index contributed by atoms with van der Waals surface area (Å²) in [4.78, 5) is 24.2. The molecule has 1 aromatic rings. The quantitative estimate of drug-likeness (QED) is 0.593.